The van der Waals surface area contributed by atoms with E-state index in [0.29, 0.717) is 12.8 Å². The van der Waals surface area contributed by atoms with Gasteiger partial charge in [0.15, 0.2) is 18.7 Å². The van der Waals surface area contributed by atoms with Gasteiger partial charge in [0.05, 0.1) is 19.3 Å². The molecule has 0 radical (unpaired) electrons. The van der Waals surface area contributed by atoms with Gasteiger partial charge in [0.1, 0.15) is 55.4 Å². The zero-order chi connectivity index (χ0) is 34.2. The third-order valence-corrected chi connectivity index (χ3v) is 8.26. The molecule has 2 saturated heterocycles. The SMILES string of the molecule is CC(=O)OC[C@H]1O[C@@H](OCCC(O)CCCCCCCCCCCC(O)C(=O)O)[C@H](O)[C@@H](O)[C@@H]1O[C@@H]1O[C@H](CO)[C@@H](O)[C@H](O)[C@H]1O. The van der Waals surface area contributed by atoms with Crippen LogP contribution in [-0.2, 0) is 33.3 Å². The molecule has 12 atom stereocenters. The van der Waals surface area contributed by atoms with E-state index in [1.807, 2.05) is 0 Å². The summed E-state index contributed by atoms with van der Waals surface area (Å²) in [6.45, 7) is 0.00142. The van der Waals surface area contributed by atoms with Gasteiger partial charge in [-0.05, 0) is 19.3 Å². The summed E-state index contributed by atoms with van der Waals surface area (Å²) >= 11 is 0. The van der Waals surface area contributed by atoms with Crippen molar-refractivity contribution in [3.8, 4) is 0 Å². The lowest BCUT2D eigenvalue weighted by Gasteiger charge is -2.46. The highest BCUT2D eigenvalue weighted by atomic mass is 16.7. The van der Waals surface area contributed by atoms with E-state index < -0.39 is 98.8 Å². The van der Waals surface area contributed by atoms with Gasteiger partial charge in [0.2, 0.25) is 0 Å². The van der Waals surface area contributed by atoms with Crippen LogP contribution in [0.25, 0.3) is 0 Å². The van der Waals surface area contributed by atoms with Crippen molar-refractivity contribution in [3.63, 3.8) is 0 Å². The third kappa shape index (κ3) is 13.5. The van der Waals surface area contributed by atoms with Crippen molar-refractivity contribution in [1.82, 2.24) is 0 Å². The second-order valence-corrected chi connectivity index (χ2v) is 12.1. The number of hydrogen-bond acceptors (Lipinski definition) is 15. The predicted molar refractivity (Wildman–Crippen MR) is 157 cm³/mol. The van der Waals surface area contributed by atoms with Gasteiger partial charge in [0, 0.05) is 6.92 Å². The maximum atomic E-state index is 11.4. The van der Waals surface area contributed by atoms with Crippen molar-refractivity contribution < 1.29 is 79.2 Å². The lowest BCUT2D eigenvalue weighted by atomic mass is 9.97. The van der Waals surface area contributed by atoms with E-state index >= 15 is 0 Å². The Balaban J connectivity index is 1.71. The number of aliphatic hydroxyl groups is 8. The van der Waals surface area contributed by atoms with Crippen LogP contribution < -0.4 is 0 Å². The number of unbranched alkanes of at least 4 members (excludes halogenated alkanes) is 8. The molecule has 16 heteroatoms. The first-order valence-corrected chi connectivity index (χ1v) is 16.2. The fraction of sp³-hybridized carbons (Fsp3) is 0.933. The van der Waals surface area contributed by atoms with Crippen LogP contribution in [0, 0.1) is 0 Å². The average Bonchev–Trinajstić information content (AvgIpc) is 3.02. The Morgan fingerprint density at radius 1 is 0.696 bits per heavy atom. The van der Waals surface area contributed by atoms with E-state index in [2.05, 4.69) is 0 Å². The quantitative estimate of drug-likeness (QED) is 0.0478. The largest absolute Gasteiger partial charge is 0.479 e. The van der Waals surface area contributed by atoms with E-state index in [1.165, 1.54) is 0 Å². The third-order valence-electron chi connectivity index (χ3n) is 8.26. The van der Waals surface area contributed by atoms with E-state index in [9.17, 15) is 50.4 Å². The predicted octanol–water partition coefficient (Wildman–Crippen LogP) is -1.31. The molecule has 270 valence electrons. The fourth-order valence-electron chi connectivity index (χ4n) is 5.42. The molecule has 0 bridgehead atoms. The summed E-state index contributed by atoms with van der Waals surface area (Å²) in [5, 5.41) is 89.6. The summed E-state index contributed by atoms with van der Waals surface area (Å²) < 4.78 is 27.3. The van der Waals surface area contributed by atoms with Crippen LogP contribution in [0.4, 0.5) is 0 Å². The van der Waals surface area contributed by atoms with E-state index in [-0.39, 0.29) is 19.4 Å². The van der Waals surface area contributed by atoms with Crippen molar-refractivity contribution in [1.29, 1.82) is 0 Å². The number of aliphatic carboxylic acids is 1. The molecule has 2 rings (SSSR count). The molecule has 0 spiro atoms. The smallest absolute Gasteiger partial charge is 0.332 e. The topological polar surface area (TPSA) is 262 Å². The molecule has 2 unspecified atom stereocenters. The van der Waals surface area contributed by atoms with Gasteiger partial charge in [-0.25, -0.2) is 4.79 Å². The molecule has 2 aliphatic rings. The number of carboxylic acids is 1. The summed E-state index contributed by atoms with van der Waals surface area (Å²) in [7, 11) is 0. The van der Waals surface area contributed by atoms with Crippen LogP contribution in [0.3, 0.4) is 0 Å². The lowest BCUT2D eigenvalue weighted by molar-refractivity contribution is -0.359. The highest BCUT2D eigenvalue weighted by Crippen LogP contribution is 2.30. The van der Waals surface area contributed by atoms with E-state index in [1.54, 1.807) is 0 Å². The second-order valence-electron chi connectivity index (χ2n) is 12.1. The van der Waals surface area contributed by atoms with Gasteiger partial charge >= 0.3 is 11.9 Å². The zero-order valence-corrected chi connectivity index (χ0v) is 26.4. The van der Waals surface area contributed by atoms with Crippen LogP contribution in [-0.4, -0.2) is 151 Å². The summed E-state index contributed by atoms with van der Waals surface area (Å²) in [4.78, 5) is 22.0. The molecule has 9 N–H and O–H groups in total. The Bertz CT molecular complexity index is 861. The highest BCUT2D eigenvalue weighted by Gasteiger charge is 2.51. The van der Waals surface area contributed by atoms with Crippen molar-refractivity contribution >= 4 is 11.9 Å². The van der Waals surface area contributed by atoms with Crippen molar-refractivity contribution in [2.24, 2.45) is 0 Å². The Morgan fingerprint density at radius 3 is 1.80 bits per heavy atom. The maximum Gasteiger partial charge on any atom is 0.332 e. The molecule has 46 heavy (non-hydrogen) atoms. The van der Waals surface area contributed by atoms with Crippen LogP contribution >= 0.6 is 0 Å². The molecular formula is C30H54O16. The first-order valence-electron chi connectivity index (χ1n) is 16.2. The molecule has 0 aliphatic carbocycles. The number of carbonyl (C=O) groups is 2. The molecule has 0 aromatic rings. The molecular weight excluding hydrogens is 616 g/mol. The van der Waals surface area contributed by atoms with Crippen LogP contribution in [0.5, 0.6) is 0 Å². The summed E-state index contributed by atoms with van der Waals surface area (Å²) in [5.74, 6) is -1.84. The summed E-state index contributed by atoms with van der Waals surface area (Å²) in [6, 6.07) is 0. The minimum Gasteiger partial charge on any atom is -0.479 e. The van der Waals surface area contributed by atoms with E-state index in [4.69, 9.17) is 28.8 Å². The molecule has 2 heterocycles. The Labute approximate surface area is 268 Å². The molecule has 0 saturated carbocycles. The van der Waals surface area contributed by atoms with E-state index in [0.717, 1.165) is 58.3 Å². The van der Waals surface area contributed by atoms with Crippen LogP contribution in [0.15, 0.2) is 0 Å². The standard InChI is InChI=1S/C30H54O16/c1-17(32)43-16-21-27(46-30-25(38)23(36)22(35)20(15-31)44-30)24(37)26(39)29(45-21)42-14-13-18(33)11-9-7-5-3-2-4-6-8-10-12-19(34)28(40)41/h18-27,29-31,33-39H,2-16H2,1H3,(H,40,41)/t18?,19?,20-,21-,22-,23+,24-,25-,26-,27-,29-,30+/m1/s1. The zero-order valence-electron chi connectivity index (χ0n) is 26.4. The fourth-order valence-corrected chi connectivity index (χ4v) is 5.42. The molecule has 0 aromatic heterocycles. The maximum absolute atomic E-state index is 11.4. The number of aliphatic hydroxyl groups excluding tert-OH is 8. The number of esters is 1. The lowest BCUT2D eigenvalue weighted by Crippen LogP contribution is -2.64. The first kappa shape index (κ1) is 40.6. The van der Waals surface area contributed by atoms with Gasteiger partial charge in [-0.2, -0.15) is 0 Å². The molecule has 2 fully saturated rings. The highest BCUT2D eigenvalue weighted by molar-refractivity contribution is 5.71. The van der Waals surface area contributed by atoms with Gasteiger partial charge in [0.25, 0.3) is 0 Å². The molecule has 0 aromatic carbocycles. The number of hydrogen-bond donors (Lipinski definition) is 9. The average molecular weight is 671 g/mol. The van der Waals surface area contributed by atoms with Gasteiger partial charge < -0.3 is 69.6 Å². The molecule has 16 nitrogen and oxygen atoms in total. The normalized spacial score (nSPS) is 33.0. The van der Waals surface area contributed by atoms with Crippen LogP contribution in [0.2, 0.25) is 0 Å². The Hall–Kier alpha value is -1.54. The van der Waals surface area contributed by atoms with Gasteiger partial charge in [-0.15, -0.1) is 0 Å². The summed E-state index contributed by atoms with van der Waals surface area (Å²) in [6.07, 6.45) is -7.78. The number of ether oxygens (including phenoxy) is 5. The minimum absolute atomic E-state index is 0.0162. The minimum atomic E-state index is -1.78. The van der Waals surface area contributed by atoms with Crippen LogP contribution in [0.1, 0.15) is 84.0 Å². The monoisotopic (exact) mass is 670 g/mol. The Morgan fingerprint density at radius 2 is 1.24 bits per heavy atom. The number of rotatable bonds is 22. The van der Waals surface area contributed by atoms with Crippen molar-refractivity contribution in [2.45, 2.75) is 158 Å². The summed E-state index contributed by atoms with van der Waals surface area (Å²) in [5.41, 5.74) is 0. The molecule has 0 amide bonds. The van der Waals surface area contributed by atoms with Crippen molar-refractivity contribution in [2.75, 3.05) is 19.8 Å². The first-order chi connectivity index (χ1) is 21.9. The Kier molecular flexibility index (Phi) is 18.9. The number of carbonyl (C=O) groups excluding carboxylic acids is 1. The van der Waals surface area contributed by atoms with Crippen molar-refractivity contribution in [3.05, 3.63) is 0 Å². The van der Waals surface area contributed by atoms with Gasteiger partial charge in [-0.1, -0.05) is 57.8 Å². The molecule has 2 aliphatic heterocycles. The second kappa shape index (κ2) is 21.4. The van der Waals surface area contributed by atoms with Gasteiger partial charge in [-0.3, -0.25) is 4.79 Å². The number of carboxylic acid groups (broad SMARTS) is 1.